The van der Waals surface area contributed by atoms with Gasteiger partial charge in [0.1, 0.15) is 0 Å². The molecule has 2 atom stereocenters. The van der Waals surface area contributed by atoms with Gasteiger partial charge in [-0.1, -0.05) is 0 Å². The van der Waals surface area contributed by atoms with Crippen LogP contribution in [0.15, 0.2) is 24.3 Å². The second-order valence-electron chi connectivity index (χ2n) is 8.12. The van der Waals surface area contributed by atoms with Crippen molar-refractivity contribution in [2.45, 2.75) is 22.8 Å². The lowest BCUT2D eigenvalue weighted by Gasteiger charge is -2.51. The van der Waals surface area contributed by atoms with Crippen molar-refractivity contribution in [3.05, 3.63) is 46.5 Å². The fourth-order valence-electron chi connectivity index (χ4n) is 4.94. The molecule has 5 rings (SSSR count). The van der Waals surface area contributed by atoms with E-state index in [0.717, 1.165) is 59.8 Å². The van der Waals surface area contributed by atoms with Crippen molar-refractivity contribution in [2.75, 3.05) is 41.1 Å². The Morgan fingerprint density at radius 2 is 1.50 bits per heavy atom. The van der Waals surface area contributed by atoms with Gasteiger partial charge in [-0.05, 0) is 63.5 Å². The number of likely N-dealkylation sites (N-methyl/N-ethyl adjacent to an activating group) is 1. The minimum atomic E-state index is -0.0656. The summed E-state index contributed by atoms with van der Waals surface area (Å²) < 4.78 is 23.5. The summed E-state index contributed by atoms with van der Waals surface area (Å²) in [5.74, 6) is 3.38. The largest absolute Gasteiger partial charge is 0.493 e. The van der Waals surface area contributed by atoms with Crippen molar-refractivity contribution >= 4 is 22.6 Å². The Kier molecular flexibility index (Phi) is 4.21. The van der Waals surface area contributed by atoms with E-state index in [2.05, 4.69) is 53.9 Å². The van der Waals surface area contributed by atoms with Crippen LogP contribution in [-0.2, 0) is 22.8 Å². The van der Waals surface area contributed by atoms with Crippen molar-refractivity contribution < 1.29 is 23.4 Å². The molecule has 0 fully saturated rings. The highest BCUT2D eigenvalue weighted by molar-refractivity contribution is 14.1. The zero-order valence-electron chi connectivity index (χ0n) is 16.5. The third-order valence-electron chi connectivity index (χ3n) is 6.75. The van der Waals surface area contributed by atoms with Crippen LogP contribution in [0.1, 0.15) is 22.3 Å². The van der Waals surface area contributed by atoms with Crippen molar-refractivity contribution in [1.82, 2.24) is 0 Å². The van der Waals surface area contributed by atoms with Gasteiger partial charge in [0.25, 0.3) is 0 Å². The summed E-state index contributed by atoms with van der Waals surface area (Å²) in [6, 6.07) is 8.76. The van der Waals surface area contributed by atoms with Crippen molar-refractivity contribution in [3.63, 3.8) is 0 Å². The Bertz CT molecular complexity index is 962. The highest BCUT2D eigenvalue weighted by Crippen LogP contribution is 2.53. The average Bonchev–Trinajstić information content (AvgIpc) is 3.11. The van der Waals surface area contributed by atoms with Crippen LogP contribution in [0.2, 0.25) is 0 Å². The van der Waals surface area contributed by atoms with E-state index >= 15 is 0 Å². The average molecular weight is 494 g/mol. The molecule has 0 radical (unpaired) electrons. The number of hydrogen-bond acceptors (Lipinski definition) is 4. The number of alkyl halides is 1. The second-order valence-corrected chi connectivity index (χ2v) is 9.90. The summed E-state index contributed by atoms with van der Waals surface area (Å²) in [5, 5.41) is 0. The predicted molar refractivity (Wildman–Crippen MR) is 115 cm³/mol. The molecule has 28 heavy (non-hydrogen) atoms. The second kappa shape index (κ2) is 6.42. The standard InChI is InChI=1S/C22H25INO4/c1-24-6-4-14-8-20-21(28-13-27-20)10-16(14)12-22(24,23)17-11-19(26-3)18(25-2)9-15(17)5-7-24/h8-11H,4-7,12-13H2,1-3H3/q+1. The van der Waals surface area contributed by atoms with Crippen LogP contribution in [0.3, 0.4) is 0 Å². The molecular weight excluding hydrogens is 469 g/mol. The van der Waals surface area contributed by atoms with E-state index in [-0.39, 0.29) is 3.55 Å². The fraction of sp³-hybridized carbons (Fsp3) is 0.455. The van der Waals surface area contributed by atoms with Crippen LogP contribution < -0.4 is 18.9 Å². The molecule has 2 unspecified atom stereocenters. The molecule has 6 heteroatoms. The molecule has 3 aliphatic rings. The van der Waals surface area contributed by atoms with Gasteiger partial charge in [0.15, 0.2) is 26.5 Å². The number of hydrogen-bond donors (Lipinski definition) is 0. The van der Waals surface area contributed by atoms with Gasteiger partial charge in [0.2, 0.25) is 6.79 Å². The number of ether oxygens (including phenoxy) is 4. The van der Waals surface area contributed by atoms with Gasteiger partial charge in [-0.3, -0.25) is 0 Å². The molecule has 3 aliphatic heterocycles. The topological polar surface area (TPSA) is 36.9 Å². The number of benzene rings is 2. The first-order valence-electron chi connectivity index (χ1n) is 9.68. The maximum absolute atomic E-state index is 5.67. The Hall–Kier alpha value is -1.67. The predicted octanol–water partition coefficient (Wildman–Crippen LogP) is 3.82. The van der Waals surface area contributed by atoms with Crippen LogP contribution in [-0.4, -0.2) is 45.6 Å². The van der Waals surface area contributed by atoms with E-state index in [9.17, 15) is 0 Å². The first-order chi connectivity index (χ1) is 13.5. The summed E-state index contributed by atoms with van der Waals surface area (Å²) in [5.41, 5.74) is 5.48. The van der Waals surface area contributed by atoms with Crippen LogP contribution in [0.4, 0.5) is 0 Å². The number of rotatable bonds is 2. The van der Waals surface area contributed by atoms with Gasteiger partial charge in [0.05, 0.1) is 34.4 Å². The number of quaternary nitrogens is 1. The lowest BCUT2D eigenvalue weighted by atomic mass is 9.86. The molecule has 3 heterocycles. The molecule has 0 aromatic heterocycles. The van der Waals surface area contributed by atoms with E-state index in [1.165, 1.54) is 22.3 Å². The molecule has 0 N–H and O–H groups in total. The molecule has 0 bridgehead atoms. The van der Waals surface area contributed by atoms with Crippen molar-refractivity contribution in [1.29, 1.82) is 0 Å². The molecule has 0 amide bonds. The smallest absolute Gasteiger partial charge is 0.231 e. The molecule has 0 saturated heterocycles. The fourth-order valence-corrected chi connectivity index (χ4v) is 6.33. The normalized spacial score (nSPS) is 27.3. The van der Waals surface area contributed by atoms with Gasteiger partial charge in [0, 0.05) is 24.8 Å². The summed E-state index contributed by atoms with van der Waals surface area (Å²) in [7, 11) is 5.82. The molecule has 148 valence electrons. The molecule has 0 saturated carbocycles. The van der Waals surface area contributed by atoms with E-state index in [1.807, 2.05) is 0 Å². The Balaban J connectivity index is 1.67. The van der Waals surface area contributed by atoms with Crippen LogP contribution in [0.5, 0.6) is 23.0 Å². The first-order valence-corrected chi connectivity index (χ1v) is 10.8. The summed E-state index contributed by atoms with van der Waals surface area (Å²) >= 11 is 2.71. The van der Waals surface area contributed by atoms with Gasteiger partial charge >= 0.3 is 0 Å². The lowest BCUT2D eigenvalue weighted by Crippen LogP contribution is -2.61. The van der Waals surface area contributed by atoms with E-state index in [0.29, 0.717) is 6.79 Å². The Labute approximate surface area is 179 Å². The van der Waals surface area contributed by atoms with E-state index < -0.39 is 0 Å². The number of nitrogens with zero attached hydrogens (tertiary/aromatic N) is 1. The Morgan fingerprint density at radius 1 is 0.893 bits per heavy atom. The molecule has 0 spiro atoms. The molecule has 5 nitrogen and oxygen atoms in total. The molecule has 2 aromatic carbocycles. The summed E-state index contributed by atoms with van der Waals surface area (Å²) in [6.45, 7) is 2.54. The van der Waals surface area contributed by atoms with Gasteiger partial charge in [-0.15, -0.1) is 0 Å². The first kappa shape index (κ1) is 18.4. The van der Waals surface area contributed by atoms with Crippen LogP contribution in [0, 0.1) is 0 Å². The quantitative estimate of drug-likeness (QED) is 0.276. The molecule has 2 aromatic rings. The number of halogens is 1. The van der Waals surface area contributed by atoms with Gasteiger partial charge < -0.3 is 23.4 Å². The number of fused-ring (bicyclic) bond motifs is 5. The van der Waals surface area contributed by atoms with Crippen LogP contribution >= 0.6 is 22.6 Å². The zero-order chi connectivity index (χ0) is 19.5. The van der Waals surface area contributed by atoms with Crippen molar-refractivity contribution in [2.24, 2.45) is 0 Å². The van der Waals surface area contributed by atoms with Crippen LogP contribution in [0.25, 0.3) is 0 Å². The van der Waals surface area contributed by atoms with E-state index in [4.69, 9.17) is 18.9 Å². The summed E-state index contributed by atoms with van der Waals surface area (Å²) in [6.07, 6.45) is 3.06. The third-order valence-corrected chi connectivity index (χ3v) is 8.87. The third kappa shape index (κ3) is 2.53. The maximum Gasteiger partial charge on any atom is 0.231 e. The summed E-state index contributed by atoms with van der Waals surface area (Å²) in [4.78, 5) is 0. The van der Waals surface area contributed by atoms with Gasteiger partial charge in [-0.2, -0.15) is 0 Å². The minimum Gasteiger partial charge on any atom is -0.493 e. The Morgan fingerprint density at radius 3 is 2.18 bits per heavy atom. The monoisotopic (exact) mass is 494 g/mol. The van der Waals surface area contributed by atoms with Crippen molar-refractivity contribution in [3.8, 4) is 23.0 Å². The highest BCUT2D eigenvalue weighted by Gasteiger charge is 2.53. The number of methoxy groups -OCH3 is 2. The SMILES string of the molecule is COc1cc2c(cc1OC)C1(I)Cc3cc4c(cc3CC[N+]1(C)CC2)OCO4. The molecule has 0 aliphatic carbocycles. The van der Waals surface area contributed by atoms with Gasteiger partial charge in [-0.25, -0.2) is 0 Å². The minimum absolute atomic E-state index is 0.0656. The molecular formula is C22H25INO4+. The lowest BCUT2D eigenvalue weighted by molar-refractivity contribution is -0.946. The van der Waals surface area contributed by atoms with E-state index in [1.54, 1.807) is 14.2 Å². The highest BCUT2D eigenvalue weighted by atomic mass is 127. The maximum atomic E-state index is 5.67. The zero-order valence-corrected chi connectivity index (χ0v) is 18.7.